The summed E-state index contributed by atoms with van der Waals surface area (Å²) < 4.78 is 26.0. The summed E-state index contributed by atoms with van der Waals surface area (Å²) in [5.41, 5.74) is -3.13. The number of rotatable bonds is 3. The SMILES string of the molecule is CC1=NN(C(=O)c2cccc([N+](=O)[O-])c2)C(O)(C(F)F)C1. The predicted molar refractivity (Wildman–Crippen MR) is 67.9 cm³/mol. The number of nitro groups is 1. The molecule has 0 aromatic heterocycles. The number of alkyl halides is 2. The zero-order valence-electron chi connectivity index (χ0n) is 10.9. The van der Waals surface area contributed by atoms with E-state index in [1.807, 2.05) is 0 Å². The number of nitro benzene ring substituents is 1. The van der Waals surface area contributed by atoms with E-state index < -0.39 is 29.4 Å². The lowest BCUT2D eigenvalue weighted by atomic mass is 10.1. The number of amides is 1. The van der Waals surface area contributed by atoms with E-state index in [1.54, 1.807) is 0 Å². The van der Waals surface area contributed by atoms with Gasteiger partial charge in [0, 0.05) is 29.8 Å². The fraction of sp³-hybridized carbons (Fsp3) is 0.333. The number of halogens is 2. The number of benzene rings is 1. The Balaban J connectivity index is 2.39. The summed E-state index contributed by atoms with van der Waals surface area (Å²) in [6, 6.07) is 4.58. The van der Waals surface area contributed by atoms with E-state index in [1.165, 1.54) is 19.1 Å². The van der Waals surface area contributed by atoms with Gasteiger partial charge in [-0.25, -0.2) is 8.78 Å². The van der Waals surface area contributed by atoms with E-state index in [2.05, 4.69) is 5.10 Å². The zero-order valence-corrected chi connectivity index (χ0v) is 10.9. The molecule has 0 radical (unpaired) electrons. The van der Waals surface area contributed by atoms with E-state index in [-0.39, 0.29) is 22.0 Å². The highest BCUT2D eigenvalue weighted by molar-refractivity contribution is 5.98. The van der Waals surface area contributed by atoms with Crippen molar-refractivity contribution in [2.45, 2.75) is 25.5 Å². The number of nitrogens with zero attached hydrogens (tertiary/aromatic N) is 3. The first kappa shape index (κ1) is 15.0. The smallest absolute Gasteiger partial charge is 0.287 e. The van der Waals surface area contributed by atoms with Gasteiger partial charge in [0.1, 0.15) is 0 Å². The molecule has 21 heavy (non-hydrogen) atoms. The number of carbonyl (C=O) groups excluding carboxylic acids is 1. The molecule has 0 aliphatic carbocycles. The van der Waals surface area contributed by atoms with Gasteiger partial charge in [-0.3, -0.25) is 14.9 Å². The molecule has 2 rings (SSSR count). The number of hydrazone groups is 1. The van der Waals surface area contributed by atoms with Crippen LogP contribution in [0.1, 0.15) is 23.7 Å². The number of hydrogen-bond acceptors (Lipinski definition) is 5. The summed E-state index contributed by atoms with van der Waals surface area (Å²) in [5, 5.41) is 24.5. The van der Waals surface area contributed by atoms with Gasteiger partial charge < -0.3 is 5.11 Å². The Morgan fingerprint density at radius 2 is 2.24 bits per heavy atom. The maximum Gasteiger partial charge on any atom is 0.287 e. The van der Waals surface area contributed by atoms with Crippen molar-refractivity contribution in [1.29, 1.82) is 0 Å². The summed E-state index contributed by atoms with van der Waals surface area (Å²) in [4.78, 5) is 22.1. The van der Waals surface area contributed by atoms with Gasteiger partial charge in [0.05, 0.1) is 4.92 Å². The largest absolute Gasteiger partial charge is 0.364 e. The Morgan fingerprint density at radius 3 is 2.81 bits per heavy atom. The second-order valence-corrected chi connectivity index (χ2v) is 4.62. The molecule has 1 aliphatic heterocycles. The first-order valence-electron chi connectivity index (χ1n) is 5.89. The van der Waals surface area contributed by atoms with Crippen LogP contribution in [-0.2, 0) is 0 Å². The van der Waals surface area contributed by atoms with E-state index >= 15 is 0 Å². The van der Waals surface area contributed by atoms with Crippen molar-refractivity contribution in [2.24, 2.45) is 5.10 Å². The molecule has 1 heterocycles. The molecule has 1 aromatic rings. The van der Waals surface area contributed by atoms with Gasteiger partial charge in [0.15, 0.2) is 0 Å². The minimum absolute atomic E-state index is 0.164. The number of aliphatic hydroxyl groups is 1. The molecule has 0 fully saturated rings. The first-order valence-corrected chi connectivity index (χ1v) is 5.89. The monoisotopic (exact) mass is 299 g/mol. The third kappa shape index (κ3) is 2.59. The average Bonchev–Trinajstić information content (AvgIpc) is 2.74. The zero-order chi connectivity index (χ0) is 15.8. The summed E-state index contributed by atoms with van der Waals surface area (Å²) in [7, 11) is 0. The van der Waals surface area contributed by atoms with Crippen LogP contribution < -0.4 is 0 Å². The standard InChI is InChI=1S/C12H11F2N3O4/c1-7-6-12(19,11(13)14)16(15-7)10(18)8-3-2-4-9(5-8)17(20)21/h2-5,11,19H,6H2,1H3. The third-order valence-corrected chi connectivity index (χ3v) is 3.00. The summed E-state index contributed by atoms with van der Waals surface area (Å²) in [6.45, 7) is 1.40. The average molecular weight is 299 g/mol. The summed E-state index contributed by atoms with van der Waals surface area (Å²) in [5.74, 6) is -1.03. The molecule has 1 atom stereocenters. The molecule has 0 saturated heterocycles. The van der Waals surface area contributed by atoms with Gasteiger partial charge in [0.25, 0.3) is 18.0 Å². The van der Waals surface area contributed by atoms with E-state index in [4.69, 9.17) is 0 Å². The maximum absolute atomic E-state index is 13.0. The van der Waals surface area contributed by atoms with Gasteiger partial charge >= 0.3 is 0 Å². The Kier molecular flexibility index (Phi) is 3.69. The van der Waals surface area contributed by atoms with Crippen LogP contribution in [0.25, 0.3) is 0 Å². The lowest BCUT2D eigenvalue weighted by Crippen LogP contribution is -2.51. The molecule has 9 heteroatoms. The Morgan fingerprint density at radius 1 is 1.57 bits per heavy atom. The molecular formula is C12H11F2N3O4. The van der Waals surface area contributed by atoms with Crippen LogP contribution in [0.15, 0.2) is 29.4 Å². The van der Waals surface area contributed by atoms with Crippen LogP contribution in [0.4, 0.5) is 14.5 Å². The van der Waals surface area contributed by atoms with Crippen molar-refractivity contribution in [3.05, 3.63) is 39.9 Å². The lowest BCUT2D eigenvalue weighted by molar-refractivity contribution is -0.384. The molecular weight excluding hydrogens is 288 g/mol. The van der Waals surface area contributed by atoms with E-state index in [9.17, 15) is 28.8 Å². The van der Waals surface area contributed by atoms with Gasteiger partial charge in [0.2, 0.25) is 5.72 Å². The minimum Gasteiger partial charge on any atom is -0.364 e. The molecule has 7 nitrogen and oxygen atoms in total. The highest BCUT2D eigenvalue weighted by Crippen LogP contribution is 2.32. The second kappa shape index (κ2) is 5.17. The molecule has 1 N–H and O–H groups in total. The molecule has 1 amide bonds. The molecule has 1 aliphatic rings. The van der Waals surface area contributed by atoms with Crippen LogP contribution in [0.2, 0.25) is 0 Å². The van der Waals surface area contributed by atoms with Gasteiger partial charge in [-0.15, -0.1) is 0 Å². The number of carbonyl (C=O) groups is 1. The van der Waals surface area contributed by atoms with Crippen LogP contribution in [0.5, 0.6) is 0 Å². The Hall–Kier alpha value is -2.42. The van der Waals surface area contributed by atoms with Crippen LogP contribution in [0.3, 0.4) is 0 Å². The van der Waals surface area contributed by atoms with Crippen molar-refractivity contribution >= 4 is 17.3 Å². The lowest BCUT2D eigenvalue weighted by Gasteiger charge is -2.29. The van der Waals surface area contributed by atoms with Crippen molar-refractivity contribution in [3.63, 3.8) is 0 Å². The molecule has 0 bridgehead atoms. The number of non-ortho nitro benzene ring substituents is 1. The first-order chi connectivity index (χ1) is 9.75. The fourth-order valence-corrected chi connectivity index (χ4v) is 2.01. The second-order valence-electron chi connectivity index (χ2n) is 4.62. The maximum atomic E-state index is 13.0. The van der Waals surface area contributed by atoms with Crippen molar-refractivity contribution in [3.8, 4) is 0 Å². The van der Waals surface area contributed by atoms with Gasteiger partial charge in [-0.1, -0.05) is 6.07 Å². The van der Waals surface area contributed by atoms with Gasteiger partial charge in [-0.05, 0) is 13.0 Å². The highest BCUT2D eigenvalue weighted by Gasteiger charge is 2.51. The van der Waals surface area contributed by atoms with Crippen LogP contribution in [0, 0.1) is 10.1 Å². The number of hydrogen-bond donors (Lipinski definition) is 1. The Bertz CT molecular complexity index is 635. The quantitative estimate of drug-likeness (QED) is 0.679. The highest BCUT2D eigenvalue weighted by atomic mass is 19.3. The van der Waals surface area contributed by atoms with E-state index in [0.717, 1.165) is 12.1 Å². The van der Waals surface area contributed by atoms with Crippen molar-refractivity contribution < 1.29 is 23.6 Å². The molecule has 0 saturated carbocycles. The topological polar surface area (TPSA) is 96.0 Å². The minimum atomic E-state index is -3.22. The van der Waals surface area contributed by atoms with Crippen molar-refractivity contribution in [2.75, 3.05) is 0 Å². The summed E-state index contributed by atoms with van der Waals surface area (Å²) in [6.07, 6.45) is -3.70. The fourth-order valence-electron chi connectivity index (χ4n) is 2.01. The molecule has 1 unspecified atom stereocenters. The van der Waals surface area contributed by atoms with Crippen LogP contribution in [-0.4, -0.2) is 38.8 Å². The van der Waals surface area contributed by atoms with E-state index in [0.29, 0.717) is 0 Å². The molecule has 0 spiro atoms. The third-order valence-electron chi connectivity index (χ3n) is 3.00. The Labute approximate surface area is 117 Å². The predicted octanol–water partition coefficient (Wildman–Crippen LogP) is 1.77. The molecule has 1 aromatic carbocycles. The van der Waals surface area contributed by atoms with Crippen LogP contribution >= 0.6 is 0 Å². The summed E-state index contributed by atoms with van der Waals surface area (Å²) >= 11 is 0. The molecule has 112 valence electrons. The normalized spacial score (nSPS) is 21.6. The van der Waals surface area contributed by atoms with Crippen molar-refractivity contribution in [1.82, 2.24) is 5.01 Å². The van der Waals surface area contributed by atoms with Gasteiger partial charge in [-0.2, -0.15) is 10.1 Å².